The minimum Gasteiger partial charge on any atom is -0.467 e. The maximum Gasteiger partial charge on any atom is 0.327 e. The molecule has 0 aliphatic heterocycles. The van der Waals surface area contributed by atoms with Crippen molar-refractivity contribution >= 4 is 29.1 Å². The van der Waals surface area contributed by atoms with Crippen molar-refractivity contribution in [1.29, 1.82) is 0 Å². The van der Waals surface area contributed by atoms with Gasteiger partial charge in [-0.15, -0.1) is 0 Å². The molecule has 0 heterocycles. The largest absolute Gasteiger partial charge is 0.467 e. The predicted molar refractivity (Wildman–Crippen MR) is 72.6 cm³/mol. The van der Waals surface area contributed by atoms with Crippen LogP contribution in [0.2, 0.25) is 0 Å². The van der Waals surface area contributed by atoms with Gasteiger partial charge in [0.2, 0.25) is 11.6 Å². The molecule has 0 radical (unpaired) electrons. The highest BCUT2D eigenvalue weighted by atomic mass is 35.5. The second-order valence-electron chi connectivity index (χ2n) is 4.28. The Balaban J connectivity index is 2.40. The summed E-state index contributed by atoms with van der Waals surface area (Å²) in [5.74, 6) is -1.41. The molecule has 1 aromatic rings. The minimum atomic E-state index is -0.786. The molecule has 2 rings (SSSR count). The molecule has 0 bridgehead atoms. The summed E-state index contributed by atoms with van der Waals surface area (Å²) < 4.78 is 4.56. The zero-order valence-electron chi connectivity index (χ0n) is 10.9. The fraction of sp³-hybridized carbons (Fsp3) is 0.214. The van der Waals surface area contributed by atoms with Gasteiger partial charge < -0.3 is 10.1 Å². The van der Waals surface area contributed by atoms with E-state index in [9.17, 15) is 14.4 Å². The molecule has 1 atom stereocenters. The Morgan fingerprint density at radius 1 is 1.20 bits per heavy atom. The van der Waals surface area contributed by atoms with Crippen LogP contribution in [-0.2, 0) is 9.53 Å². The van der Waals surface area contributed by atoms with E-state index in [1.54, 1.807) is 24.3 Å². The van der Waals surface area contributed by atoms with Crippen LogP contribution in [0.5, 0.6) is 0 Å². The average Bonchev–Trinajstić information content (AvgIpc) is 2.48. The Kier molecular flexibility index (Phi) is 3.90. The van der Waals surface area contributed by atoms with E-state index in [1.807, 2.05) is 0 Å². The van der Waals surface area contributed by atoms with Crippen LogP contribution < -0.4 is 5.32 Å². The maximum absolute atomic E-state index is 12.3. The number of methoxy groups -OCH3 is 1. The van der Waals surface area contributed by atoms with Crippen LogP contribution >= 0.6 is 11.6 Å². The van der Waals surface area contributed by atoms with Crippen LogP contribution in [0.25, 0.3) is 0 Å². The van der Waals surface area contributed by atoms with E-state index in [0.717, 1.165) is 0 Å². The van der Waals surface area contributed by atoms with Crippen LogP contribution in [0.15, 0.2) is 35.0 Å². The Morgan fingerprint density at radius 3 is 2.30 bits per heavy atom. The fourth-order valence-corrected chi connectivity index (χ4v) is 2.17. The lowest BCUT2D eigenvalue weighted by Crippen LogP contribution is -2.39. The second-order valence-corrected chi connectivity index (χ2v) is 4.66. The second kappa shape index (κ2) is 5.46. The van der Waals surface area contributed by atoms with Crippen LogP contribution in [-0.4, -0.2) is 30.7 Å². The number of ketones is 2. The summed E-state index contributed by atoms with van der Waals surface area (Å²) in [5, 5.41) is 2.43. The molecule has 0 spiro atoms. The highest BCUT2D eigenvalue weighted by molar-refractivity contribution is 6.49. The Bertz CT molecular complexity index is 636. The van der Waals surface area contributed by atoms with Crippen molar-refractivity contribution in [2.24, 2.45) is 0 Å². The first kappa shape index (κ1) is 14.3. The molecule has 0 fully saturated rings. The molecule has 6 heteroatoms. The fourth-order valence-electron chi connectivity index (χ4n) is 1.93. The molecule has 0 saturated heterocycles. The van der Waals surface area contributed by atoms with Crippen LogP contribution in [0.4, 0.5) is 0 Å². The molecule has 0 amide bonds. The highest BCUT2D eigenvalue weighted by Crippen LogP contribution is 2.27. The number of allylic oxidation sites excluding steroid dienone is 2. The lowest BCUT2D eigenvalue weighted by molar-refractivity contribution is -0.142. The van der Waals surface area contributed by atoms with Gasteiger partial charge in [-0.2, -0.15) is 0 Å². The van der Waals surface area contributed by atoms with E-state index in [4.69, 9.17) is 11.6 Å². The molecule has 0 aromatic heterocycles. The normalized spacial score (nSPS) is 15.8. The Labute approximate surface area is 120 Å². The summed E-state index contributed by atoms with van der Waals surface area (Å²) in [7, 11) is 1.24. The maximum atomic E-state index is 12.3. The van der Waals surface area contributed by atoms with Crippen LogP contribution in [0.3, 0.4) is 0 Å². The molecule has 20 heavy (non-hydrogen) atoms. The number of nitrogens with one attached hydrogen (secondary N) is 1. The monoisotopic (exact) mass is 293 g/mol. The first-order chi connectivity index (χ1) is 9.47. The van der Waals surface area contributed by atoms with Crippen molar-refractivity contribution in [1.82, 2.24) is 5.32 Å². The molecule has 104 valence electrons. The van der Waals surface area contributed by atoms with Crippen molar-refractivity contribution in [2.75, 3.05) is 7.11 Å². The summed E-state index contributed by atoms with van der Waals surface area (Å²) in [6, 6.07) is 5.61. The van der Waals surface area contributed by atoms with Crippen molar-refractivity contribution < 1.29 is 19.1 Å². The van der Waals surface area contributed by atoms with Gasteiger partial charge in [0.05, 0.1) is 7.11 Å². The summed E-state index contributed by atoms with van der Waals surface area (Å²) in [4.78, 5) is 35.8. The third-order valence-electron chi connectivity index (χ3n) is 2.98. The van der Waals surface area contributed by atoms with Crippen molar-refractivity contribution in [3.8, 4) is 0 Å². The van der Waals surface area contributed by atoms with E-state index < -0.39 is 23.6 Å². The number of halogens is 1. The molecule has 1 aliphatic rings. The topological polar surface area (TPSA) is 72.5 Å². The zero-order chi connectivity index (χ0) is 14.9. The van der Waals surface area contributed by atoms with Crippen LogP contribution in [0, 0.1) is 0 Å². The number of fused-ring (bicyclic) bond motifs is 1. The van der Waals surface area contributed by atoms with Gasteiger partial charge in [0.25, 0.3) is 0 Å². The number of ether oxygens (including phenoxy) is 1. The first-order valence-electron chi connectivity index (χ1n) is 5.90. The molecule has 0 saturated carbocycles. The van der Waals surface area contributed by atoms with Gasteiger partial charge in [-0.3, -0.25) is 9.59 Å². The average molecular weight is 294 g/mol. The van der Waals surface area contributed by atoms with E-state index in [-0.39, 0.29) is 21.9 Å². The van der Waals surface area contributed by atoms with Gasteiger partial charge in [-0.05, 0) is 6.92 Å². The van der Waals surface area contributed by atoms with E-state index in [2.05, 4.69) is 10.1 Å². The number of hydrogen-bond donors (Lipinski definition) is 1. The van der Waals surface area contributed by atoms with Gasteiger partial charge in [0.1, 0.15) is 16.8 Å². The molecule has 1 aromatic carbocycles. The molecule has 1 unspecified atom stereocenters. The molecule has 1 N–H and O–H groups in total. The Hall–Kier alpha value is -2.14. The smallest absolute Gasteiger partial charge is 0.327 e. The van der Waals surface area contributed by atoms with Gasteiger partial charge in [-0.25, -0.2) is 4.79 Å². The molecular formula is C14H12ClNO4. The quantitative estimate of drug-likeness (QED) is 0.858. The number of carbonyl (C=O) groups excluding carboxylic acids is 3. The van der Waals surface area contributed by atoms with Gasteiger partial charge in [0, 0.05) is 11.1 Å². The number of esters is 1. The number of rotatable bonds is 3. The van der Waals surface area contributed by atoms with Gasteiger partial charge in [0.15, 0.2) is 0 Å². The molecule has 1 aliphatic carbocycles. The van der Waals surface area contributed by atoms with Crippen LogP contribution in [0.1, 0.15) is 27.6 Å². The summed E-state index contributed by atoms with van der Waals surface area (Å²) >= 11 is 5.94. The number of benzene rings is 1. The third-order valence-corrected chi connectivity index (χ3v) is 3.34. The SMILES string of the molecule is COC(=O)C(C)NC1=C(Cl)C(=O)c2ccccc2C1=O. The lowest BCUT2D eigenvalue weighted by Gasteiger charge is -2.21. The third kappa shape index (κ3) is 2.32. The number of Topliss-reactive ketones (excluding diaryl/α,β-unsaturated/α-hetero) is 2. The first-order valence-corrected chi connectivity index (χ1v) is 6.27. The summed E-state index contributed by atoms with van der Waals surface area (Å²) in [5.41, 5.74) is 0.452. The van der Waals surface area contributed by atoms with Crippen molar-refractivity contribution in [3.05, 3.63) is 46.1 Å². The number of hydrogen-bond acceptors (Lipinski definition) is 5. The van der Waals surface area contributed by atoms with Crippen molar-refractivity contribution in [2.45, 2.75) is 13.0 Å². The predicted octanol–water partition coefficient (Wildman–Crippen LogP) is 1.67. The van der Waals surface area contributed by atoms with E-state index in [1.165, 1.54) is 14.0 Å². The molecular weight excluding hydrogens is 282 g/mol. The van der Waals surface area contributed by atoms with Crippen molar-refractivity contribution in [3.63, 3.8) is 0 Å². The lowest BCUT2D eigenvalue weighted by atomic mass is 9.92. The zero-order valence-corrected chi connectivity index (χ0v) is 11.7. The number of carbonyl (C=O) groups is 3. The van der Waals surface area contributed by atoms with E-state index >= 15 is 0 Å². The minimum absolute atomic E-state index is 0.0757. The highest BCUT2D eigenvalue weighted by Gasteiger charge is 2.32. The Morgan fingerprint density at radius 2 is 1.75 bits per heavy atom. The summed E-state index contributed by atoms with van der Waals surface area (Å²) in [6.07, 6.45) is 0. The van der Waals surface area contributed by atoms with Gasteiger partial charge >= 0.3 is 5.97 Å². The standard InChI is InChI=1S/C14H12ClNO4/c1-7(14(19)20-2)16-11-10(15)12(17)8-5-3-4-6-9(8)13(11)18/h3-7,16H,1-2H3. The molecule has 5 nitrogen and oxygen atoms in total. The van der Waals surface area contributed by atoms with Gasteiger partial charge in [-0.1, -0.05) is 35.9 Å². The summed E-state index contributed by atoms with van der Waals surface area (Å²) in [6.45, 7) is 1.52. The van der Waals surface area contributed by atoms with E-state index in [0.29, 0.717) is 0 Å².